The van der Waals surface area contributed by atoms with Crippen molar-refractivity contribution in [2.24, 2.45) is 0 Å². The first-order valence-corrected chi connectivity index (χ1v) is 7.41. The van der Waals surface area contributed by atoms with Crippen LogP contribution >= 0.6 is 0 Å². The Morgan fingerprint density at radius 2 is 2.05 bits per heavy atom. The van der Waals surface area contributed by atoms with Gasteiger partial charge in [0.1, 0.15) is 5.82 Å². The second kappa shape index (κ2) is 5.22. The summed E-state index contributed by atoms with van der Waals surface area (Å²) in [6, 6.07) is 8.55. The SMILES string of the molecule is CC1CN2CCCC2CN1C(C)c1ccccc1F. The number of hydrogen-bond acceptors (Lipinski definition) is 2. The summed E-state index contributed by atoms with van der Waals surface area (Å²) < 4.78 is 14.0. The summed E-state index contributed by atoms with van der Waals surface area (Å²) in [7, 11) is 0. The standard InChI is InChI=1S/C16H23FN2/c1-12-10-18-9-5-6-14(18)11-19(12)13(2)15-7-3-4-8-16(15)17/h3-4,7-8,12-14H,5-6,9-11H2,1-2H3. The van der Waals surface area contributed by atoms with Gasteiger partial charge in [0.2, 0.25) is 0 Å². The zero-order valence-electron chi connectivity index (χ0n) is 11.8. The van der Waals surface area contributed by atoms with Gasteiger partial charge in [-0.1, -0.05) is 18.2 Å². The number of piperazine rings is 1. The van der Waals surface area contributed by atoms with Crippen molar-refractivity contribution in [2.75, 3.05) is 19.6 Å². The van der Waals surface area contributed by atoms with Crippen molar-refractivity contribution in [3.8, 4) is 0 Å². The molecule has 0 spiro atoms. The van der Waals surface area contributed by atoms with E-state index in [9.17, 15) is 4.39 Å². The van der Waals surface area contributed by atoms with Crippen molar-refractivity contribution in [2.45, 2.75) is 44.8 Å². The van der Waals surface area contributed by atoms with Crippen molar-refractivity contribution >= 4 is 0 Å². The highest BCUT2D eigenvalue weighted by molar-refractivity contribution is 5.21. The van der Waals surface area contributed by atoms with Gasteiger partial charge in [0, 0.05) is 36.8 Å². The highest BCUT2D eigenvalue weighted by Gasteiger charge is 2.36. The summed E-state index contributed by atoms with van der Waals surface area (Å²) >= 11 is 0. The number of halogens is 1. The first-order chi connectivity index (χ1) is 9.16. The maximum absolute atomic E-state index is 14.0. The highest BCUT2D eigenvalue weighted by Crippen LogP contribution is 2.31. The molecule has 104 valence electrons. The maximum atomic E-state index is 14.0. The Morgan fingerprint density at radius 3 is 2.84 bits per heavy atom. The van der Waals surface area contributed by atoms with Gasteiger partial charge in [0.05, 0.1) is 0 Å². The maximum Gasteiger partial charge on any atom is 0.127 e. The van der Waals surface area contributed by atoms with E-state index in [4.69, 9.17) is 0 Å². The predicted octanol–water partition coefficient (Wildman–Crippen LogP) is 3.06. The van der Waals surface area contributed by atoms with Gasteiger partial charge >= 0.3 is 0 Å². The molecule has 1 aromatic carbocycles. The summed E-state index contributed by atoms with van der Waals surface area (Å²) in [6.45, 7) is 7.86. The molecule has 2 fully saturated rings. The molecule has 0 aromatic heterocycles. The predicted molar refractivity (Wildman–Crippen MR) is 75.6 cm³/mol. The molecule has 0 aliphatic carbocycles. The minimum atomic E-state index is -0.0731. The molecule has 2 nitrogen and oxygen atoms in total. The fourth-order valence-corrected chi connectivity index (χ4v) is 3.74. The lowest BCUT2D eigenvalue weighted by Crippen LogP contribution is -2.55. The Labute approximate surface area is 115 Å². The van der Waals surface area contributed by atoms with Gasteiger partial charge < -0.3 is 0 Å². The summed E-state index contributed by atoms with van der Waals surface area (Å²) in [5.74, 6) is -0.0731. The third kappa shape index (κ3) is 2.41. The van der Waals surface area contributed by atoms with Crippen LogP contribution in [0.2, 0.25) is 0 Å². The molecule has 3 rings (SSSR count). The molecule has 0 bridgehead atoms. The monoisotopic (exact) mass is 262 g/mol. The first kappa shape index (κ1) is 13.1. The Balaban J connectivity index is 1.79. The lowest BCUT2D eigenvalue weighted by Gasteiger charge is -2.45. The summed E-state index contributed by atoms with van der Waals surface area (Å²) in [5.41, 5.74) is 0.834. The van der Waals surface area contributed by atoms with E-state index in [2.05, 4.69) is 23.6 Å². The molecule has 1 aromatic rings. The summed E-state index contributed by atoms with van der Waals surface area (Å²) in [6.07, 6.45) is 2.62. The molecular formula is C16H23FN2. The van der Waals surface area contributed by atoms with Crippen LogP contribution in [0.3, 0.4) is 0 Å². The van der Waals surface area contributed by atoms with Crippen LogP contribution in [0, 0.1) is 5.82 Å². The minimum Gasteiger partial charge on any atom is -0.298 e. The second-order valence-electron chi connectivity index (χ2n) is 6.03. The van der Waals surface area contributed by atoms with E-state index in [1.165, 1.54) is 19.4 Å². The molecule has 19 heavy (non-hydrogen) atoms. The molecule has 2 heterocycles. The van der Waals surface area contributed by atoms with E-state index in [1.54, 1.807) is 12.1 Å². The van der Waals surface area contributed by atoms with Gasteiger partial charge in [-0.2, -0.15) is 0 Å². The van der Waals surface area contributed by atoms with Crippen molar-refractivity contribution in [1.29, 1.82) is 0 Å². The van der Waals surface area contributed by atoms with Crippen molar-refractivity contribution in [3.05, 3.63) is 35.6 Å². The first-order valence-electron chi connectivity index (χ1n) is 7.41. The molecule has 0 radical (unpaired) electrons. The van der Waals surface area contributed by atoms with Crippen molar-refractivity contribution in [1.82, 2.24) is 9.80 Å². The van der Waals surface area contributed by atoms with Crippen LogP contribution in [-0.4, -0.2) is 41.5 Å². The summed E-state index contributed by atoms with van der Waals surface area (Å²) in [5, 5.41) is 0. The van der Waals surface area contributed by atoms with Gasteiger partial charge in [0.25, 0.3) is 0 Å². The van der Waals surface area contributed by atoms with E-state index in [0.29, 0.717) is 12.1 Å². The van der Waals surface area contributed by atoms with Gasteiger partial charge in [-0.25, -0.2) is 4.39 Å². The van der Waals surface area contributed by atoms with E-state index in [0.717, 1.165) is 18.7 Å². The molecule has 3 unspecified atom stereocenters. The van der Waals surface area contributed by atoms with Gasteiger partial charge in [-0.05, 0) is 39.3 Å². The minimum absolute atomic E-state index is 0.0731. The number of nitrogens with zero attached hydrogens (tertiary/aromatic N) is 2. The molecular weight excluding hydrogens is 239 g/mol. The topological polar surface area (TPSA) is 6.48 Å². The van der Waals surface area contributed by atoms with Crippen LogP contribution in [0.25, 0.3) is 0 Å². The van der Waals surface area contributed by atoms with Crippen LogP contribution in [-0.2, 0) is 0 Å². The van der Waals surface area contributed by atoms with Crippen molar-refractivity contribution in [3.63, 3.8) is 0 Å². The zero-order chi connectivity index (χ0) is 13.4. The van der Waals surface area contributed by atoms with Gasteiger partial charge in [-0.3, -0.25) is 9.80 Å². The van der Waals surface area contributed by atoms with E-state index < -0.39 is 0 Å². The Bertz CT molecular complexity index is 448. The molecule has 0 N–H and O–H groups in total. The number of fused-ring (bicyclic) bond motifs is 1. The largest absolute Gasteiger partial charge is 0.298 e. The molecule has 3 heteroatoms. The molecule has 2 saturated heterocycles. The van der Waals surface area contributed by atoms with Crippen molar-refractivity contribution < 1.29 is 4.39 Å². The zero-order valence-corrected chi connectivity index (χ0v) is 11.8. The number of benzene rings is 1. The lowest BCUT2D eigenvalue weighted by molar-refractivity contribution is 0.0316. The molecule has 3 atom stereocenters. The number of rotatable bonds is 2. The lowest BCUT2D eigenvalue weighted by atomic mass is 10.0. The average molecular weight is 262 g/mol. The average Bonchev–Trinajstić information content (AvgIpc) is 2.84. The summed E-state index contributed by atoms with van der Waals surface area (Å²) in [4.78, 5) is 5.08. The fraction of sp³-hybridized carbons (Fsp3) is 0.625. The van der Waals surface area contributed by atoms with Crippen LogP contribution in [0.4, 0.5) is 4.39 Å². The number of hydrogen-bond donors (Lipinski definition) is 0. The van der Waals surface area contributed by atoms with E-state index in [1.807, 2.05) is 12.1 Å². The Morgan fingerprint density at radius 1 is 1.26 bits per heavy atom. The molecule has 0 saturated carbocycles. The smallest absolute Gasteiger partial charge is 0.127 e. The van der Waals surface area contributed by atoms with Crippen LogP contribution in [0.15, 0.2) is 24.3 Å². The second-order valence-corrected chi connectivity index (χ2v) is 6.03. The highest BCUT2D eigenvalue weighted by atomic mass is 19.1. The third-order valence-corrected chi connectivity index (χ3v) is 4.84. The third-order valence-electron chi connectivity index (χ3n) is 4.84. The Hall–Kier alpha value is -0.930. The van der Waals surface area contributed by atoms with Crippen LogP contribution in [0.1, 0.15) is 38.3 Å². The quantitative estimate of drug-likeness (QED) is 0.808. The fourth-order valence-electron chi connectivity index (χ4n) is 3.74. The van der Waals surface area contributed by atoms with E-state index in [-0.39, 0.29) is 11.9 Å². The van der Waals surface area contributed by atoms with Crippen LogP contribution < -0.4 is 0 Å². The van der Waals surface area contributed by atoms with Crippen LogP contribution in [0.5, 0.6) is 0 Å². The molecule has 2 aliphatic rings. The molecule has 0 amide bonds. The van der Waals surface area contributed by atoms with Gasteiger partial charge in [-0.15, -0.1) is 0 Å². The Kier molecular flexibility index (Phi) is 3.59. The normalized spacial score (nSPS) is 30.3. The van der Waals surface area contributed by atoms with E-state index >= 15 is 0 Å². The molecule has 2 aliphatic heterocycles. The van der Waals surface area contributed by atoms with Gasteiger partial charge in [0.15, 0.2) is 0 Å².